The Morgan fingerprint density at radius 2 is 2.20 bits per heavy atom. The minimum atomic E-state index is -0.435. The van der Waals surface area contributed by atoms with Crippen molar-refractivity contribution in [3.05, 3.63) is 51.3 Å². The highest BCUT2D eigenvalue weighted by atomic mass is 79.9. The van der Waals surface area contributed by atoms with E-state index in [2.05, 4.69) is 21.0 Å². The average Bonchev–Trinajstić information content (AvgIpc) is 2.74. The van der Waals surface area contributed by atoms with Crippen LogP contribution in [0.5, 0.6) is 5.75 Å². The summed E-state index contributed by atoms with van der Waals surface area (Å²) in [5.41, 5.74) is 2.55. The van der Waals surface area contributed by atoms with Gasteiger partial charge in [-0.3, -0.25) is 14.8 Å². The Bertz CT molecular complexity index is 640. The predicted octanol–water partition coefficient (Wildman–Crippen LogP) is 3.11. The zero-order valence-corrected chi connectivity index (χ0v) is 12.8. The van der Waals surface area contributed by atoms with Gasteiger partial charge in [0.2, 0.25) is 0 Å². The number of hydrogen-bond donors (Lipinski definition) is 0. The molecule has 0 radical (unpaired) electrons. The van der Waals surface area contributed by atoms with Crippen molar-refractivity contribution in [2.45, 2.75) is 18.9 Å². The molecule has 0 bridgehead atoms. The Labute approximate surface area is 124 Å². The zero-order chi connectivity index (χ0) is 14.7. The van der Waals surface area contributed by atoms with Crippen LogP contribution in [-0.2, 0) is 19.0 Å². The van der Waals surface area contributed by atoms with Gasteiger partial charge in [-0.2, -0.15) is 5.10 Å². The first-order valence-corrected chi connectivity index (χ1v) is 7.09. The van der Waals surface area contributed by atoms with E-state index in [1.807, 2.05) is 20.0 Å². The Balaban J connectivity index is 2.20. The first-order valence-electron chi connectivity index (χ1n) is 5.97. The van der Waals surface area contributed by atoms with E-state index in [0.29, 0.717) is 5.33 Å². The second kappa shape index (κ2) is 6.04. The molecule has 6 nitrogen and oxygen atoms in total. The molecule has 1 heterocycles. The van der Waals surface area contributed by atoms with Crippen LogP contribution in [0.4, 0.5) is 5.69 Å². The minimum Gasteiger partial charge on any atom is -0.480 e. The molecule has 1 aromatic heterocycles. The van der Waals surface area contributed by atoms with Crippen LogP contribution in [0, 0.1) is 17.0 Å². The number of benzene rings is 1. The van der Waals surface area contributed by atoms with Crippen molar-refractivity contribution in [3.8, 4) is 5.75 Å². The molecule has 0 aliphatic heterocycles. The molecule has 0 fully saturated rings. The fourth-order valence-corrected chi connectivity index (χ4v) is 2.21. The Morgan fingerprint density at radius 3 is 2.75 bits per heavy atom. The maximum absolute atomic E-state index is 11.1. The number of nitro groups is 1. The van der Waals surface area contributed by atoms with Gasteiger partial charge in [-0.05, 0) is 24.6 Å². The van der Waals surface area contributed by atoms with Gasteiger partial charge < -0.3 is 4.74 Å². The van der Waals surface area contributed by atoms with Gasteiger partial charge in [0.15, 0.2) is 5.75 Å². The number of nitrogens with zero attached hydrogens (tertiary/aromatic N) is 3. The number of alkyl halides is 1. The molecule has 0 saturated carbocycles. The Morgan fingerprint density at radius 1 is 1.45 bits per heavy atom. The van der Waals surface area contributed by atoms with E-state index in [0.717, 1.165) is 17.0 Å². The van der Waals surface area contributed by atoms with Crippen LogP contribution in [0.15, 0.2) is 24.3 Å². The molecule has 0 atom stereocenters. The van der Waals surface area contributed by atoms with Crippen LogP contribution >= 0.6 is 15.9 Å². The van der Waals surface area contributed by atoms with Crippen LogP contribution in [0.25, 0.3) is 0 Å². The summed E-state index contributed by atoms with van der Waals surface area (Å²) in [4.78, 5) is 10.6. The molecule has 1 aromatic carbocycles. The molecule has 0 N–H and O–H groups in total. The van der Waals surface area contributed by atoms with Gasteiger partial charge in [0.05, 0.1) is 16.3 Å². The van der Waals surface area contributed by atoms with Crippen molar-refractivity contribution < 1.29 is 9.66 Å². The smallest absolute Gasteiger partial charge is 0.311 e. The summed E-state index contributed by atoms with van der Waals surface area (Å²) in [5.74, 6) is 0.263. The molecule has 0 unspecified atom stereocenters. The van der Waals surface area contributed by atoms with Gasteiger partial charge in [0.1, 0.15) is 6.61 Å². The Hall–Kier alpha value is -1.89. The summed E-state index contributed by atoms with van der Waals surface area (Å²) in [7, 11) is 1.81. The summed E-state index contributed by atoms with van der Waals surface area (Å²) in [5, 5.41) is 15.8. The van der Waals surface area contributed by atoms with Gasteiger partial charge in [0, 0.05) is 18.4 Å². The van der Waals surface area contributed by atoms with E-state index in [9.17, 15) is 10.1 Å². The molecular weight excluding hydrogens is 326 g/mol. The van der Waals surface area contributed by atoms with Gasteiger partial charge in [0.25, 0.3) is 0 Å². The van der Waals surface area contributed by atoms with Gasteiger partial charge >= 0.3 is 5.69 Å². The number of aryl methyl sites for hydroxylation is 2. The standard InChI is InChI=1S/C13H14BrN3O3/c1-9-5-11(16(2)15-9)8-20-13-4-3-10(7-14)6-12(13)17(18)19/h3-6H,7-8H2,1-2H3. The molecule has 106 valence electrons. The number of rotatable bonds is 5. The number of halogens is 1. The largest absolute Gasteiger partial charge is 0.480 e. The third kappa shape index (κ3) is 3.16. The van der Waals surface area contributed by atoms with Gasteiger partial charge in [-0.25, -0.2) is 0 Å². The van der Waals surface area contributed by atoms with E-state index in [1.54, 1.807) is 16.8 Å². The molecule has 2 aromatic rings. The van der Waals surface area contributed by atoms with E-state index in [4.69, 9.17) is 4.74 Å². The summed E-state index contributed by atoms with van der Waals surface area (Å²) in [6, 6.07) is 6.82. The van der Waals surface area contributed by atoms with Crippen molar-refractivity contribution in [1.29, 1.82) is 0 Å². The van der Waals surface area contributed by atoms with Crippen LogP contribution < -0.4 is 4.74 Å². The maximum Gasteiger partial charge on any atom is 0.311 e. The highest BCUT2D eigenvalue weighted by molar-refractivity contribution is 9.08. The zero-order valence-electron chi connectivity index (χ0n) is 11.2. The molecule has 0 aliphatic rings. The van der Waals surface area contributed by atoms with E-state index in [1.165, 1.54) is 6.07 Å². The molecule has 20 heavy (non-hydrogen) atoms. The summed E-state index contributed by atoms with van der Waals surface area (Å²) in [6.45, 7) is 2.13. The summed E-state index contributed by atoms with van der Waals surface area (Å²) >= 11 is 3.28. The fourth-order valence-electron chi connectivity index (χ4n) is 1.86. The van der Waals surface area contributed by atoms with Gasteiger partial charge in [-0.1, -0.05) is 22.0 Å². The van der Waals surface area contributed by atoms with Crippen LogP contribution in [-0.4, -0.2) is 14.7 Å². The first-order chi connectivity index (χ1) is 9.51. The third-order valence-corrected chi connectivity index (χ3v) is 3.50. The lowest BCUT2D eigenvalue weighted by atomic mass is 10.2. The van der Waals surface area contributed by atoms with Crippen LogP contribution in [0.2, 0.25) is 0 Å². The fraction of sp³-hybridized carbons (Fsp3) is 0.308. The van der Waals surface area contributed by atoms with Crippen molar-refractivity contribution in [2.75, 3.05) is 0 Å². The number of ether oxygens (including phenoxy) is 1. The number of nitro benzene ring substituents is 1. The van der Waals surface area contributed by atoms with Gasteiger partial charge in [-0.15, -0.1) is 0 Å². The van der Waals surface area contributed by atoms with Crippen LogP contribution in [0.1, 0.15) is 17.0 Å². The topological polar surface area (TPSA) is 70.2 Å². The normalized spacial score (nSPS) is 10.6. The molecule has 7 heteroatoms. The Kier molecular flexibility index (Phi) is 4.39. The third-order valence-electron chi connectivity index (χ3n) is 2.85. The second-order valence-corrected chi connectivity index (χ2v) is 4.94. The first kappa shape index (κ1) is 14.5. The van der Waals surface area contributed by atoms with E-state index >= 15 is 0 Å². The summed E-state index contributed by atoms with van der Waals surface area (Å²) in [6.07, 6.45) is 0. The van der Waals surface area contributed by atoms with Crippen molar-refractivity contribution in [2.24, 2.45) is 7.05 Å². The lowest BCUT2D eigenvalue weighted by molar-refractivity contribution is -0.386. The minimum absolute atomic E-state index is 0.0270. The second-order valence-electron chi connectivity index (χ2n) is 4.38. The number of aromatic nitrogens is 2. The SMILES string of the molecule is Cc1cc(COc2ccc(CBr)cc2[N+](=O)[O-])n(C)n1. The van der Waals surface area contributed by atoms with E-state index in [-0.39, 0.29) is 18.0 Å². The monoisotopic (exact) mass is 339 g/mol. The van der Waals surface area contributed by atoms with Crippen molar-refractivity contribution in [3.63, 3.8) is 0 Å². The van der Waals surface area contributed by atoms with Crippen LogP contribution in [0.3, 0.4) is 0 Å². The molecule has 0 aliphatic carbocycles. The highest BCUT2D eigenvalue weighted by Crippen LogP contribution is 2.29. The van der Waals surface area contributed by atoms with E-state index < -0.39 is 4.92 Å². The molecule has 0 saturated heterocycles. The molecule has 0 spiro atoms. The van der Waals surface area contributed by atoms with Crippen molar-refractivity contribution in [1.82, 2.24) is 9.78 Å². The predicted molar refractivity (Wildman–Crippen MR) is 78.0 cm³/mol. The average molecular weight is 340 g/mol. The number of hydrogen-bond acceptors (Lipinski definition) is 4. The lowest BCUT2D eigenvalue weighted by Crippen LogP contribution is -2.04. The maximum atomic E-state index is 11.1. The molecular formula is C13H14BrN3O3. The lowest BCUT2D eigenvalue weighted by Gasteiger charge is -2.07. The highest BCUT2D eigenvalue weighted by Gasteiger charge is 2.16. The quantitative estimate of drug-likeness (QED) is 0.476. The molecule has 0 amide bonds. The van der Waals surface area contributed by atoms with Crippen molar-refractivity contribution >= 4 is 21.6 Å². The summed E-state index contributed by atoms with van der Waals surface area (Å²) < 4.78 is 7.26. The molecule has 2 rings (SSSR count).